The minimum atomic E-state index is 0.198. The molecule has 0 fully saturated rings. The molecule has 0 bridgehead atoms. The van der Waals surface area contributed by atoms with Crippen LogP contribution in [-0.4, -0.2) is 22.0 Å². The Balaban J connectivity index is 2.19. The Labute approximate surface area is 115 Å². The van der Waals surface area contributed by atoms with Crippen molar-refractivity contribution in [2.75, 3.05) is 11.9 Å². The van der Waals surface area contributed by atoms with Crippen LogP contribution in [0.25, 0.3) is 11.0 Å². The average molecular weight is 271 g/mol. The Morgan fingerprint density at radius 3 is 2.58 bits per heavy atom. The van der Waals surface area contributed by atoms with Gasteiger partial charge in [-0.15, -0.1) is 0 Å². The van der Waals surface area contributed by atoms with Crippen LogP contribution in [0.2, 0.25) is 5.28 Å². The van der Waals surface area contributed by atoms with Crippen LogP contribution in [0.3, 0.4) is 0 Å². The van der Waals surface area contributed by atoms with Gasteiger partial charge in [0.05, 0.1) is 5.39 Å². The number of pyridine rings is 1. The highest BCUT2D eigenvalue weighted by Crippen LogP contribution is 2.28. The molecular formula is C14H11ClN4. The Kier molecular flexibility index (Phi) is 3.01. The molecule has 0 saturated heterocycles. The second-order valence-electron chi connectivity index (χ2n) is 4.09. The van der Waals surface area contributed by atoms with Gasteiger partial charge in [-0.05, 0) is 35.9 Å². The number of halogens is 1. The van der Waals surface area contributed by atoms with Gasteiger partial charge in [-0.1, -0.05) is 18.2 Å². The third-order valence-corrected chi connectivity index (χ3v) is 3.05. The molecule has 3 rings (SSSR count). The van der Waals surface area contributed by atoms with Crippen molar-refractivity contribution in [3.8, 4) is 0 Å². The molecule has 4 nitrogen and oxygen atoms in total. The number of aromatic nitrogens is 3. The van der Waals surface area contributed by atoms with Gasteiger partial charge in [-0.25, -0.2) is 4.98 Å². The van der Waals surface area contributed by atoms with Gasteiger partial charge in [0, 0.05) is 18.9 Å². The van der Waals surface area contributed by atoms with Crippen LogP contribution >= 0.6 is 11.6 Å². The van der Waals surface area contributed by atoms with Crippen molar-refractivity contribution < 1.29 is 0 Å². The van der Waals surface area contributed by atoms with Crippen LogP contribution in [0.5, 0.6) is 0 Å². The number of benzene rings is 1. The molecule has 19 heavy (non-hydrogen) atoms. The molecule has 0 unspecified atom stereocenters. The van der Waals surface area contributed by atoms with E-state index in [0.717, 1.165) is 16.9 Å². The van der Waals surface area contributed by atoms with Crippen molar-refractivity contribution >= 4 is 34.1 Å². The molecule has 0 N–H and O–H groups in total. The molecule has 3 aromatic rings. The van der Waals surface area contributed by atoms with Crippen LogP contribution in [0.1, 0.15) is 0 Å². The van der Waals surface area contributed by atoms with Crippen LogP contribution in [0.15, 0.2) is 48.7 Å². The molecule has 0 aliphatic rings. The minimum absolute atomic E-state index is 0.198. The lowest BCUT2D eigenvalue weighted by Crippen LogP contribution is -2.12. The van der Waals surface area contributed by atoms with Gasteiger partial charge < -0.3 is 4.90 Å². The largest absolute Gasteiger partial charge is 0.329 e. The first kappa shape index (κ1) is 11.9. The van der Waals surface area contributed by atoms with E-state index in [1.165, 1.54) is 0 Å². The van der Waals surface area contributed by atoms with Crippen LogP contribution in [0, 0.1) is 0 Å². The number of nitrogens with zero attached hydrogens (tertiary/aromatic N) is 4. The van der Waals surface area contributed by atoms with Gasteiger partial charge in [0.15, 0.2) is 5.65 Å². The fraction of sp³-hybridized carbons (Fsp3) is 0.0714. The third-order valence-electron chi connectivity index (χ3n) is 2.89. The summed E-state index contributed by atoms with van der Waals surface area (Å²) >= 11 is 5.97. The molecule has 0 aliphatic heterocycles. The first-order valence-electron chi connectivity index (χ1n) is 5.83. The molecule has 1 aromatic carbocycles. The summed E-state index contributed by atoms with van der Waals surface area (Å²) in [6.07, 6.45) is 1.69. The lowest BCUT2D eigenvalue weighted by Gasteiger charge is -2.19. The van der Waals surface area contributed by atoms with E-state index in [0.29, 0.717) is 5.65 Å². The summed E-state index contributed by atoms with van der Waals surface area (Å²) in [5, 5.41) is 1.07. The smallest absolute Gasteiger partial charge is 0.226 e. The van der Waals surface area contributed by atoms with E-state index < -0.39 is 0 Å². The zero-order valence-corrected chi connectivity index (χ0v) is 11.0. The summed E-state index contributed by atoms with van der Waals surface area (Å²) in [6, 6.07) is 13.8. The quantitative estimate of drug-likeness (QED) is 0.669. The summed E-state index contributed by atoms with van der Waals surface area (Å²) in [5.74, 6) is 0.745. The maximum Gasteiger partial charge on any atom is 0.226 e. The van der Waals surface area contributed by atoms with Crippen molar-refractivity contribution in [3.63, 3.8) is 0 Å². The summed E-state index contributed by atoms with van der Waals surface area (Å²) in [6.45, 7) is 0. The highest BCUT2D eigenvalue weighted by molar-refractivity contribution is 6.28. The lowest BCUT2D eigenvalue weighted by atomic mass is 10.2. The van der Waals surface area contributed by atoms with E-state index in [-0.39, 0.29) is 5.28 Å². The molecule has 0 saturated carbocycles. The maximum absolute atomic E-state index is 5.97. The zero-order valence-electron chi connectivity index (χ0n) is 10.3. The predicted octanol–water partition coefficient (Wildman–Crippen LogP) is 3.45. The number of rotatable bonds is 2. The van der Waals surface area contributed by atoms with Gasteiger partial charge in [0.2, 0.25) is 5.28 Å². The topological polar surface area (TPSA) is 41.9 Å². The molecule has 2 heterocycles. The van der Waals surface area contributed by atoms with Gasteiger partial charge in [0.25, 0.3) is 0 Å². The van der Waals surface area contributed by atoms with E-state index in [2.05, 4.69) is 15.0 Å². The van der Waals surface area contributed by atoms with Gasteiger partial charge in [-0.2, -0.15) is 9.97 Å². The maximum atomic E-state index is 5.97. The number of anilines is 2. The standard InChI is InChI=1S/C14H11ClN4/c1-19(10-6-3-2-4-7-10)13-11-8-5-9-16-12(11)17-14(15)18-13/h2-9H,1H3. The molecule has 0 spiro atoms. The Bertz CT molecular complexity index is 715. The predicted molar refractivity (Wildman–Crippen MR) is 76.8 cm³/mol. The summed E-state index contributed by atoms with van der Waals surface area (Å²) in [7, 11) is 1.94. The van der Waals surface area contributed by atoms with Crippen molar-refractivity contribution in [1.29, 1.82) is 0 Å². The molecule has 0 aliphatic carbocycles. The Morgan fingerprint density at radius 2 is 1.79 bits per heavy atom. The summed E-state index contributed by atoms with van der Waals surface area (Å²) in [4.78, 5) is 14.6. The normalized spacial score (nSPS) is 10.6. The highest BCUT2D eigenvalue weighted by Gasteiger charge is 2.12. The molecule has 5 heteroatoms. The first-order valence-corrected chi connectivity index (χ1v) is 6.20. The molecule has 94 valence electrons. The van der Waals surface area contributed by atoms with E-state index in [4.69, 9.17) is 11.6 Å². The van der Waals surface area contributed by atoms with Crippen LogP contribution < -0.4 is 4.90 Å². The Hall–Kier alpha value is -2.20. The van der Waals surface area contributed by atoms with Gasteiger partial charge >= 0.3 is 0 Å². The molecule has 0 atom stereocenters. The molecule has 2 aromatic heterocycles. The SMILES string of the molecule is CN(c1ccccc1)c1nc(Cl)nc2ncccc12. The van der Waals surface area contributed by atoms with Gasteiger partial charge in [0.1, 0.15) is 5.82 Å². The van der Waals surface area contributed by atoms with E-state index in [1.54, 1.807) is 6.20 Å². The lowest BCUT2D eigenvalue weighted by molar-refractivity contribution is 1.10. The second kappa shape index (κ2) is 4.82. The van der Waals surface area contributed by atoms with E-state index >= 15 is 0 Å². The van der Waals surface area contributed by atoms with Gasteiger partial charge in [-0.3, -0.25) is 0 Å². The number of hydrogen-bond donors (Lipinski definition) is 0. The van der Waals surface area contributed by atoms with Crippen molar-refractivity contribution in [2.45, 2.75) is 0 Å². The molecule has 0 amide bonds. The molecule has 0 radical (unpaired) electrons. The first-order chi connectivity index (χ1) is 9.25. The number of fused-ring (bicyclic) bond motifs is 1. The number of para-hydroxylation sites is 1. The van der Waals surface area contributed by atoms with Crippen LogP contribution in [0.4, 0.5) is 11.5 Å². The fourth-order valence-corrected chi connectivity index (χ4v) is 2.11. The highest BCUT2D eigenvalue weighted by atomic mass is 35.5. The van der Waals surface area contributed by atoms with E-state index in [1.807, 2.05) is 54.4 Å². The zero-order chi connectivity index (χ0) is 13.2. The molecular weight excluding hydrogens is 260 g/mol. The van der Waals surface area contributed by atoms with Crippen LogP contribution in [-0.2, 0) is 0 Å². The average Bonchev–Trinajstić information content (AvgIpc) is 2.46. The Morgan fingerprint density at radius 1 is 1.00 bits per heavy atom. The minimum Gasteiger partial charge on any atom is -0.329 e. The monoisotopic (exact) mass is 270 g/mol. The second-order valence-corrected chi connectivity index (χ2v) is 4.42. The summed E-state index contributed by atoms with van der Waals surface area (Å²) in [5.41, 5.74) is 1.63. The number of hydrogen-bond acceptors (Lipinski definition) is 4. The summed E-state index contributed by atoms with van der Waals surface area (Å²) < 4.78 is 0. The van der Waals surface area contributed by atoms with Crippen molar-refractivity contribution in [1.82, 2.24) is 15.0 Å². The van der Waals surface area contributed by atoms with Crippen molar-refractivity contribution in [2.24, 2.45) is 0 Å². The van der Waals surface area contributed by atoms with Crippen molar-refractivity contribution in [3.05, 3.63) is 53.9 Å². The fourth-order valence-electron chi connectivity index (χ4n) is 1.95. The van der Waals surface area contributed by atoms with E-state index in [9.17, 15) is 0 Å². The third kappa shape index (κ3) is 2.22.